The molecule has 13 heteroatoms. The fourth-order valence-electron chi connectivity index (χ4n) is 5.97. The number of hydrogen-bond donors (Lipinski definition) is 4. The van der Waals surface area contributed by atoms with Crippen molar-refractivity contribution in [3.63, 3.8) is 0 Å². The molecule has 3 atom stereocenters. The lowest BCUT2D eigenvalue weighted by Crippen LogP contribution is -2.24. The number of rotatable bonds is 14. The minimum Gasteiger partial charge on any atom is -0.496 e. The molecule has 0 unspecified atom stereocenters. The molecule has 0 aliphatic heterocycles. The molecule has 0 fully saturated rings. The number of hydrogen-bond acceptors (Lipinski definition) is 9. The van der Waals surface area contributed by atoms with Gasteiger partial charge < -0.3 is 35.1 Å². The molecule has 9 nitrogen and oxygen atoms in total. The Kier molecular flexibility index (Phi) is 11.7. The highest BCUT2D eigenvalue weighted by Gasteiger charge is 2.38. The molecule has 2 heterocycles. The molecule has 0 spiro atoms. The summed E-state index contributed by atoms with van der Waals surface area (Å²) in [5, 5.41) is 25.6. The van der Waals surface area contributed by atoms with Crippen molar-refractivity contribution in [2.75, 3.05) is 27.3 Å². The second-order valence-electron chi connectivity index (χ2n) is 12.0. The van der Waals surface area contributed by atoms with Crippen LogP contribution in [0.5, 0.6) is 17.5 Å². The summed E-state index contributed by atoms with van der Waals surface area (Å²) in [5.74, 6) is 0.0893. The van der Waals surface area contributed by atoms with Crippen LogP contribution in [0.2, 0.25) is 5.02 Å². The normalized spacial score (nSPS) is 15.5. The number of alkyl halides is 3. The third kappa shape index (κ3) is 8.45. The number of nitrogens with zero attached hydrogens (tertiary/aromatic N) is 2. The van der Waals surface area contributed by atoms with Crippen molar-refractivity contribution in [1.29, 1.82) is 0 Å². The molecule has 2 aromatic carbocycles. The Balaban J connectivity index is 1.45. The van der Waals surface area contributed by atoms with Crippen molar-refractivity contribution < 1.29 is 37.6 Å². The lowest BCUT2D eigenvalue weighted by molar-refractivity contribution is -0.139. The van der Waals surface area contributed by atoms with Gasteiger partial charge in [0, 0.05) is 54.6 Å². The smallest absolute Gasteiger partial charge is 0.421 e. The lowest BCUT2D eigenvalue weighted by Gasteiger charge is -2.21. The van der Waals surface area contributed by atoms with E-state index in [4.69, 9.17) is 25.8 Å². The third-order valence-electron chi connectivity index (χ3n) is 8.25. The second-order valence-corrected chi connectivity index (χ2v) is 12.4. The quantitative estimate of drug-likeness (QED) is 0.117. The van der Waals surface area contributed by atoms with E-state index in [1.165, 1.54) is 7.11 Å². The Bertz CT molecular complexity index is 1770. The number of pyridine rings is 2. The third-order valence-corrected chi connectivity index (χ3v) is 8.63. The zero-order chi connectivity index (χ0) is 35.3. The first-order valence-electron chi connectivity index (χ1n) is 15.9. The highest BCUT2D eigenvalue weighted by Crippen LogP contribution is 2.45. The van der Waals surface area contributed by atoms with Gasteiger partial charge in [-0.1, -0.05) is 41.9 Å². The Morgan fingerprint density at radius 3 is 2.29 bits per heavy atom. The van der Waals surface area contributed by atoms with Gasteiger partial charge in [0.05, 0.1) is 37.1 Å². The summed E-state index contributed by atoms with van der Waals surface area (Å²) in [6.07, 6.45) is -3.91. The molecule has 5 rings (SSSR count). The average Bonchev–Trinajstić information content (AvgIpc) is 3.47. The lowest BCUT2D eigenvalue weighted by atomic mass is 9.95. The summed E-state index contributed by atoms with van der Waals surface area (Å²) in [6.45, 7) is 4.44. The van der Waals surface area contributed by atoms with Gasteiger partial charge in [-0.3, -0.25) is 4.98 Å². The molecular formula is C36H40ClF3N4O5. The Morgan fingerprint density at radius 2 is 1.63 bits per heavy atom. The molecule has 0 radical (unpaired) electrons. The van der Waals surface area contributed by atoms with Crippen molar-refractivity contribution >= 4 is 11.6 Å². The van der Waals surface area contributed by atoms with Crippen LogP contribution < -0.4 is 24.8 Å². The van der Waals surface area contributed by atoms with Crippen molar-refractivity contribution in [3.8, 4) is 39.9 Å². The first-order chi connectivity index (χ1) is 23.4. The number of benzene rings is 2. The zero-order valence-electron chi connectivity index (χ0n) is 27.7. The van der Waals surface area contributed by atoms with Crippen LogP contribution in [-0.2, 0) is 25.7 Å². The summed E-state index contributed by atoms with van der Waals surface area (Å²) in [6, 6.07) is 14.1. The van der Waals surface area contributed by atoms with E-state index >= 15 is 0 Å². The van der Waals surface area contributed by atoms with Crippen LogP contribution in [-0.4, -0.2) is 59.7 Å². The molecule has 4 N–H and O–H groups in total. The number of halogens is 4. The van der Waals surface area contributed by atoms with E-state index in [0.29, 0.717) is 42.4 Å². The molecule has 49 heavy (non-hydrogen) atoms. The minimum atomic E-state index is -4.73. The SMILES string of the molecule is COc1cc(-c2nccc(-c3cccc4c3CC[C@H]4Oc3nc(OC)c(CNC[C@@H](C)O)cc3C(F)(F)F)c2Cl)ccc1CNC[C@H](C)O. The van der Waals surface area contributed by atoms with Gasteiger partial charge in [-0.2, -0.15) is 18.2 Å². The molecule has 0 saturated heterocycles. The molecule has 0 amide bonds. The molecular weight excluding hydrogens is 661 g/mol. The van der Waals surface area contributed by atoms with Crippen LogP contribution in [0.25, 0.3) is 22.4 Å². The number of methoxy groups -OCH3 is 2. The van der Waals surface area contributed by atoms with Crippen LogP contribution in [0, 0.1) is 0 Å². The highest BCUT2D eigenvalue weighted by molar-refractivity contribution is 6.35. The molecule has 1 aliphatic carbocycles. The van der Waals surface area contributed by atoms with Gasteiger partial charge in [0.25, 0.3) is 0 Å². The number of aliphatic hydroxyl groups is 2. The van der Waals surface area contributed by atoms with Gasteiger partial charge in [-0.05, 0) is 61.6 Å². The maximum atomic E-state index is 14.3. The molecule has 2 aromatic heterocycles. The van der Waals surface area contributed by atoms with Gasteiger partial charge in [-0.15, -0.1) is 0 Å². The number of aromatic nitrogens is 2. The first kappa shape index (κ1) is 36.3. The maximum absolute atomic E-state index is 14.3. The van der Waals surface area contributed by atoms with Gasteiger partial charge in [0.1, 0.15) is 17.4 Å². The van der Waals surface area contributed by atoms with Crippen LogP contribution in [0.1, 0.15) is 54.2 Å². The van der Waals surface area contributed by atoms with Gasteiger partial charge in [-0.25, -0.2) is 0 Å². The molecule has 0 bridgehead atoms. The van der Waals surface area contributed by atoms with Crippen molar-refractivity contribution in [1.82, 2.24) is 20.6 Å². The fraction of sp³-hybridized carbons (Fsp3) is 0.389. The Labute approximate surface area is 288 Å². The summed E-state index contributed by atoms with van der Waals surface area (Å²) in [4.78, 5) is 8.72. The molecule has 4 aromatic rings. The Hall–Kier alpha value is -3.94. The largest absolute Gasteiger partial charge is 0.496 e. The number of aliphatic hydroxyl groups excluding tert-OH is 2. The van der Waals surface area contributed by atoms with Gasteiger partial charge in [0.15, 0.2) is 0 Å². The van der Waals surface area contributed by atoms with Gasteiger partial charge in [0.2, 0.25) is 11.8 Å². The van der Waals surface area contributed by atoms with Gasteiger partial charge >= 0.3 is 6.18 Å². The summed E-state index contributed by atoms with van der Waals surface area (Å²) in [7, 11) is 2.92. The fourth-order valence-corrected chi connectivity index (χ4v) is 6.29. The van der Waals surface area contributed by atoms with E-state index in [2.05, 4.69) is 20.6 Å². The van der Waals surface area contributed by atoms with Crippen LogP contribution in [0.4, 0.5) is 13.2 Å². The first-order valence-corrected chi connectivity index (χ1v) is 16.3. The van der Waals surface area contributed by atoms with E-state index in [1.807, 2.05) is 42.5 Å². The van der Waals surface area contributed by atoms with Crippen molar-refractivity contribution in [2.24, 2.45) is 0 Å². The zero-order valence-corrected chi connectivity index (χ0v) is 28.5. The number of ether oxygens (including phenoxy) is 3. The number of nitrogens with one attached hydrogen (secondary N) is 2. The minimum absolute atomic E-state index is 0.00449. The van der Waals surface area contributed by atoms with E-state index < -0.39 is 35.9 Å². The predicted molar refractivity (Wildman–Crippen MR) is 181 cm³/mol. The average molecular weight is 701 g/mol. The van der Waals surface area contributed by atoms with Crippen molar-refractivity contribution in [2.45, 2.75) is 64.3 Å². The molecule has 1 aliphatic rings. The maximum Gasteiger partial charge on any atom is 0.421 e. The topological polar surface area (TPSA) is 118 Å². The summed E-state index contributed by atoms with van der Waals surface area (Å²) < 4.78 is 59.9. The Morgan fingerprint density at radius 1 is 0.918 bits per heavy atom. The van der Waals surface area contributed by atoms with Crippen LogP contribution in [0.3, 0.4) is 0 Å². The second kappa shape index (κ2) is 15.7. The van der Waals surface area contributed by atoms with E-state index in [1.54, 1.807) is 27.2 Å². The van der Waals surface area contributed by atoms with Crippen LogP contribution in [0.15, 0.2) is 54.7 Å². The van der Waals surface area contributed by atoms with E-state index in [0.717, 1.165) is 39.4 Å². The van der Waals surface area contributed by atoms with E-state index in [-0.39, 0.29) is 24.5 Å². The standard InChI is InChI=1S/C36H40ClF3N4O5/c1-20(45)16-41-18-23-9-8-22(15-31(23)47-3)33-32(37)28(12-13-43-33)25-6-5-7-27-26(25)10-11-30(27)49-35-29(36(38,39)40)14-24(34(44-35)48-4)19-42-17-21(2)46/h5-9,12-15,20-21,30,41-42,45-46H,10-11,16-19H2,1-4H3/t20-,21+,30+/m0/s1. The number of fused-ring (bicyclic) bond motifs is 1. The van der Waals surface area contributed by atoms with E-state index in [9.17, 15) is 23.4 Å². The van der Waals surface area contributed by atoms with Crippen LogP contribution >= 0.6 is 11.6 Å². The van der Waals surface area contributed by atoms with Crippen molar-refractivity contribution in [3.05, 3.63) is 87.6 Å². The summed E-state index contributed by atoms with van der Waals surface area (Å²) in [5.41, 5.74) is 4.64. The predicted octanol–water partition coefficient (Wildman–Crippen LogP) is 6.51. The highest BCUT2D eigenvalue weighted by atomic mass is 35.5. The monoisotopic (exact) mass is 700 g/mol. The molecule has 0 saturated carbocycles. The summed E-state index contributed by atoms with van der Waals surface area (Å²) >= 11 is 7.03. The molecule has 262 valence electrons.